The largest absolute Gasteiger partial charge is 0.507 e. The summed E-state index contributed by atoms with van der Waals surface area (Å²) in [5, 5.41) is 22.9. The number of nitrogens with zero attached hydrogens (tertiary/aromatic N) is 2. The number of likely N-dealkylation sites (tertiary alicyclic amines) is 1. The number of aliphatic hydroxyl groups is 1. The number of rotatable bonds is 4. The maximum absolute atomic E-state index is 13.9. The molecule has 0 aromatic heterocycles. The van der Waals surface area contributed by atoms with Gasteiger partial charge < -0.3 is 15.9 Å². The molecule has 1 aromatic carbocycles. The predicted molar refractivity (Wildman–Crippen MR) is 140 cm³/mol. The highest BCUT2D eigenvalue weighted by molar-refractivity contribution is 6.34. The lowest BCUT2D eigenvalue weighted by Crippen LogP contribution is -2.74. The average Bonchev–Trinajstić information content (AvgIpc) is 3.12. The Bertz CT molecular complexity index is 1270. The van der Waals surface area contributed by atoms with Crippen LogP contribution in [-0.4, -0.2) is 87.9 Å². The molecule has 3 aliphatic carbocycles. The van der Waals surface area contributed by atoms with E-state index in [9.17, 15) is 34.2 Å². The lowest BCUT2D eigenvalue weighted by Gasteiger charge is -2.52. The van der Waals surface area contributed by atoms with Gasteiger partial charge in [0.1, 0.15) is 5.75 Å². The van der Waals surface area contributed by atoms with Gasteiger partial charge in [-0.05, 0) is 76.0 Å². The molecule has 1 aliphatic heterocycles. The number of carbonyl (C=O) groups is 5. The molecule has 1 amide bonds. The molecule has 3 fully saturated rings. The Kier molecular flexibility index (Phi) is 7.20. The Labute approximate surface area is 231 Å². The van der Waals surface area contributed by atoms with Gasteiger partial charge in [-0.25, -0.2) is 0 Å². The first kappa shape index (κ1) is 27.9. The summed E-state index contributed by atoms with van der Waals surface area (Å²) < 4.78 is 0. The molecule has 1 aromatic rings. The summed E-state index contributed by atoms with van der Waals surface area (Å²) in [6, 6.07) is 0.329. The summed E-state index contributed by atoms with van der Waals surface area (Å²) in [7, 11) is 3.11. The van der Waals surface area contributed by atoms with Gasteiger partial charge in [0.15, 0.2) is 34.7 Å². The normalized spacial score (nSPS) is 33.4. The van der Waals surface area contributed by atoms with E-state index in [0.717, 1.165) is 38.8 Å². The topological polar surface area (TPSA) is 158 Å². The number of likely N-dealkylation sites (N-methyl/N-ethyl adjacent to an activating group) is 1. The minimum absolute atomic E-state index is 0.00264. The van der Waals surface area contributed by atoms with E-state index in [2.05, 4.69) is 4.90 Å². The van der Waals surface area contributed by atoms with Crippen molar-refractivity contribution in [2.24, 2.45) is 29.4 Å². The third-order valence-electron chi connectivity index (χ3n) is 9.16. The molecule has 210 valence electrons. The molecular formula is C28H34ClN3O7. The Morgan fingerprint density at radius 3 is 2.36 bits per heavy atom. The first-order chi connectivity index (χ1) is 18.4. The highest BCUT2D eigenvalue weighted by Crippen LogP contribution is 2.51. The first-order valence-electron chi connectivity index (χ1n) is 13.5. The second-order valence-electron chi connectivity index (χ2n) is 11.7. The van der Waals surface area contributed by atoms with Crippen molar-refractivity contribution in [3.8, 4) is 5.75 Å². The molecule has 11 heteroatoms. The number of carbonyl (C=O) groups excluding carboxylic acids is 5. The zero-order valence-electron chi connectivity index (χ0n) is 22.1. The van der Waals surface area contributed by atoms with E-state index >= 15 is 0 Å². The van der Waals surface area contributed by atoms with Crippen LogP contribution in [0, 0.1) is 23.7 Å². The summed E-state index contributed by atoms with van der Waals surface area (Å²) in [4.78, 5) is 69.9. The maximum Gasteiger partial charge on any atom is 0.235 e. The molecule has 6 atom stereocenters. The van der Waals surface area contributed by atoms with Crippen molar-refractivity contribution in [1.29, 1.82) is 0 Å². The van der Waals surface area contributed by atoms with Crippen molar-refractivity contribution >= 4 is 40.6 Å². The average molecular weight is 560 g/mol. The molecule has 0 bridgehead atoms. The van der Waals surface area contributed by atoms with Crippen molar-refractivity contribution in [2.75, 3.05) is 27.2 Å². The summed E-state index contributed by atoms with van der Waals surface area (Å²) >= 11 is 6.84. The van der Waals surface area contributed by atoms with Crippen LogP contribution in [-0.2, 0) is 32.1 Å². The zero-order chi connectivity index (χ0) is 28.4. The molecule has 1 heterocycles. The van der Waals surface area contributed by atoms with Crippen LogP contribution in [0.15, 0.2) is 6.07 Å². The number of benzene rings is 1. The highest BCUT2D eigenvalue weighted by Gasteiger charge is 2.69. The van der Waals surface area contributed by atoms with Crippen molar-refractivity contribution in [2.45, 2.75) is 56.7 Å². The molecule has 2 saturated carbocycles. The van der Waals surface area contributed by atoms with E-state index in [4.69, 9.17) is 17.3 Å². The Balaban J connectivity index is 1.55. The number of ketones is 4. The number of aromatic hydroxyl groups is 1. The van der Waals surface area contributed by atoms with Crippen LogP contribution in [0.3, 0.4) is 0 Å². The number of fused-ring (bicyclic) bond motifs is 3. The summed E-state index contributed by atoms with van der Waals surface area (Å²) in [6.07, 6.45) is 4.63. The van der Waals surface area contributed by atoms with E-state index in [1.165, 1.54) is 11.0 Å². The van der Waals surface area contributed by atoms with Gasteiger partial charge in [-0.2, -0.15) is 0 Å². The van der Waals surface area contributed by atoms with Gasteiger partial charge >= 0.3 is 0 Å². The standard InChI is InChI=1S/C28H34ClN3O7/c1-31(2)22-16-10-13-9-15-19(17(33)11-14(21(15)29)12-32-7-5-3-4-6-8-32)23(34)18(13)25(36)28(16,39)26(37)20(24(22)35)27(30)38/h11,13,16,18,20,22,33,39H,3-10,12H2,1-2H3,(H2,30,38)/t13-,16-,18?,20?,22-,28-/m0/s1. The third kappa shape index (κ3) is 4.23. The van der Waals surface area contributed by atoms with Crippen molar-refractivity contribution < 1.29 is 34.2 Å². The maximum atomic E-state index is 13.9. The number of phenols is 1. The fourth-order valence-electron chi connectivity index (χ4n) is 7.36. The molecule has 10 nitrogen and oxygen atoms in total. The Morgan fingerprint density at radius 2 is 1.77 bits per heavy atom. The monoisotopic (exact) mass is 559 g/mol. The van der Waals surface area contributed by atoms with Crippen molar-refractivity contribution in [3.05, 3.63) is 27.8 Å². The van der Waals surface area contributed by atoms with Gasteiger partial charge in [-0.3, -0.25) is 33.8 Å². The van der Waals surface area contributed by atoms with E-state index < -0.39 is 64.4 Å². The summed E-state index contributed by atoms with van der Waals surface area (Å²) in [6.45, 7) is 2.34. The zero-order valence-corrected chi connectivity index (χ0v) is 22.9. The number of hydrogen-bond acceptors (Lipinski definition) is 9. The molecule has 2 unspecified atom stereocenters. The predicted octanol–water partition coefficient (Wildman–Crippen LogP) is 0.896. The Morgan fingerprint density at radius 1 is 1.13 bits per heavy atom. The molecular weight excluding hydrogens is 526 g/mol. The van der Waals surface area contributed by atoms with Crippen molar-refractivity contribution in [1.82, 2.24) is 9.80 Å². The van der Waals surface area contributed by atoms with Gasteiger partial charge in [0.05, 0.1) is 17.5 Å². The summed E-state index contributed by atoms with van der Waals surface area (Å²) in [5.41, 5.74) is 3.67. The SMILES string of the molecule is CN(C)[C@@H]1C(=O)C(C(N)=O)C(=O)[C@@]2(O)C(=O)C3C(=O)c4c(O)cc(CN5CCCCCC5)c(Cl)c4C[C@H]3C[C@@H]12. The second kappa shape index (κ2) is 10.1. The number of Topliss-reactive ketones (excluding diaryl/α,β-unsaturated/α-hetero) is 4. The van der Waals surface area contributed by atoms with Gasteiger partial charge in [0, 0.05) is 17.5 Å². The fraction of sp³-hybridized carbons (Fsp3) is 0.607. The minimum Gasteiger partial charge on any atom is -0.507 e. The number of halogens is 1. The smallest absolute Gasteiger partial charge is 0.235 e. The van der Waals surface area contributed by atoms with Gasteiger partial charge in [-0.1, -0.05) is 24.4 Å². The molecule has 0 radical (unpaired) electrons. The van der Waals surface area contributed by atoms with E-state index in [-0.39, 0.29) is 24.2 Å². The van der Waals surface area contributed by atoms with Gasteiger partial charge in [-0.15, -0.1) is 0 Å². The Hall–Kier alpha value is -2.66. The number of primary amides is 1. The van der Waals surface area contributed by atoms with E-state index in [0.29, 0.717) is 22.7 Å². The van der Waals surface area contributed by atoms with Gasteiger partial charge in [0.2, 0.25) is 5.91 Å². The second-order valence-corrected chi connectivity index (χ2v) is 12.1. The fourth-order valence-corrected chi connectivity index (χ4v) is 7.64. The lowest BCUT2D eigenvalue weighted by molar-refractivity contribution is -0.181. The van der Waals surface area contributed by atoms with Crippen LogP contribution >= 0.6 is 11.6 Å². The highest BCUT2D eigenvalue weighted by atomic mass is 35.5. The molecule has 4 N–H and O–H groups in total. The number of amides is 1. The number of phenolic OH excluding ortho intramolecular Hbond substituents is 1. The first-order valence-corrected chi connectivity index (χ1v) is 13.9. The number of nitrogens with two attached hydrogens (primary N) is 1. The molecule has 4 aliphatic rings. The van der Waals surface area contributed by atoms with Crippen LogP contribution in [0.5, 0.6) is 5.75 Å². The van der Waals surface area contributed by atoms with E-state index in [1.807, 2.05) is 0 Å². The molecule has 0 spiro atoms. The van der Waals surface area contributed by atoms with Crippen LogP contribution in [0.1, 0.15) is 53.6 Å². The quantitative estimate of drug-likeness (QED) is 0.455. The number of hydrogen-bond donors (Lipinski definition) is 3. The lowest BCUT2D eigenvalue weighted by atomic mass is 9.52. The third-order valence-corrected chi connectivity index (χ3v) is 9.63. The van der Waals surface area contributed by atoms with Crippen LogP contribution in [0.2, 0.25) is 5.02 Å². The molecule has 39 heavy (non-hydrogen) atoms. The minimum atomic E-state index is -2.73. The molecule has 1 saturated heterocycles. The van der Waals surface area contributed by atoms with E-state index in [1.54, 1.807) is 14.1 Å². The van der Waals surface area contributed by atoms with Gasteiger partial charge in [0.25, 0.3) is 0 Å². The van der Waals surface area contributed by atoms with Crippen LogP contribution in [0.4, 0.5) is 0 Å². The van der Waals surface area contributed by atoms with Crippen molar-refractivity contribution in [3.63, 3.8) is 0 Å². The summed E-state index contributed by atoms with van der Waals surface area (Å²) in [5.74, 6) is -10.6. The molecule has 5 rings (SSSR count). The van der Waals surface area contributed by atoms with Crippen LogP contribution < -0.4 is 5.73 Å². The van der Waals surface area contributed by atoms with Crippen LogP contribution in [0.25, 0.3) is 0 Å².